The molecule has 55 heavy (non-hydrogen) atoms. The first kappa shape index (κ1) is 40.9. The number of methoxy groups -OCH3 is 1. The van der Waals surface area contributed by atoms with Gasteiger partial charge in [-0.15, -0.1) is 0 Å². The molecule has 0 radical (unpaired) electrons. The molecule has 4 aliphatic rings. The Hall–Kier alpha value is -3.78. The summed E-state index contributed by atoms with van der Waals surface area (Å²) in [7, 11) is 1.21. The van der Waals surface area contributed by atoms with E-state index in [1.165, 1.54) is 26.2 Å². The Balaban J connectivity index is 1.33. The molecule has 0 saturated carbocycles. The highest BCUT2D eigenvalue weighted by molar-refractivity contribution is 5.70. The fourth-order valence-electron chi connectivity index (χ4n) is 6.49. The van der Waals surface area contributed by atoms with E-state index in [1.54, 1.807) is 0 Å². The van der Waals surface area contributed by atoms with Crippen LogP contribution in [0.25, 0.3) is 6.08 Å². The van der Waals surface area contributed by atoms with E-state index in [-0.39, 0.29) is 34.1 Å². The van der Waals surface area contributed by atoms with Gasteiger partial charge in [0, 0.05) is 17.7 Å². The largest absolute Gasteiger partial charge is 0.508 e. The predicted octanol–water partition coefficient (Wildman–Crippen LogP) is -3.87. The van der Waals surface area contributed by atoms with Crippen LogP contribution in [0.5, 0.6) is 34.5 Å². The van der Waals surface area contributed by atoms with E-state index in [0.29, 0.717) is 0 Å². The van der Waals surface area contributed by atoms with Crippen molar-refractivity contribution in [2.24, 2.45) is 0 Å². The Bertz CT molecular complexity index is 1690. The molecule has 16 atom stereocenters. The Morgan fingerprint density at radius 1 is 0.636 bits per heavy atom. The number of hydrogen-bond donors (Lipinski definition) is 13. The minimum absolute atomic E-state index is 0.0139. The maximum atomic E-state index is 11.0. The molecule has 306 valence electrons. The van der Waals surface area contributed by atoms with Crippen LogP contribution in [0.3, 0.4) is 0 Å². The first-order valence-electron chi connectivity index (χ1n) is 17.0. The Labute approximate surface area is 311 Å². The monoisotopic (exact) mass is 788 g/mol. The maximum absolute atomic E-state index is 11.0. The van der Waals surface area contributed by atoms with Gasteiger partial charge in [0.1, 0.15) is 90.2 Å². The van der Waals surface area contributed by atoms with E-state index in [1.807, 2.05) is 0 Å². The Morgan fingerprint density at radius 3 is 1.89 bits per heavy atom. The van der Waals surface area contributed by atoms with Crippen LogP contribution >= 0.6 is 0 Å². The standard InChI is InChI=1S/C34H44O21/c1-10-21(38)25(42)28(45)32(50-10)49-9-20-24(41)27(44)30(47)34(55-20)53-18-7-13-15(51-31(18)11-3-14(37)22(39)17(4-11)48-2)5-12(36)6-16(13)52-33-29(46)26(43)23(40)19(8-35)54-33/h3-7,10,19-21,23-47H,8-9H2,1-2H3/t10-,19-,20-,21+,23-,24-,25+,26+,27-,28-,29+,30-,31?,32-,33-,34-/m1/s1. The number of hydrogen-bond acceptors (Lipinski definition) is 21. The van der Waals surface area contributed by atoms with Crippen LogP contribution < -0.4 is 14.2 Å². The summed E-state index contributed by atoms with van der Waals surface area (Å²) in [5.74, 6) is -2.52. The predicted molar refractivity (Wildman–Crippen MR) is 176 cm³/mol. The molecule has 0 amide bonds. The maximum Gasteiger partial charge on any atom is 0.229 e. The SMILES string of the molecule is COc1cc(C2Oc3cc(O)cc(O[C@@H]4O[C@H](CO)[C@@H](O)[C@H](O)[C@@H]4O)c3C=C2O[C@@H]2O[C@H](CO[C@@H]3O[C@H](C)[C@H](O)[C@H](O)[C@H]3O)[C@@H](O)[C@@H](O)[C@H]2O)cc(O)c1O. The third-order valence-corrected chi connectivity index (χ3v) is 9.72. The third-order valence-electron chi connectivity index (χ3n) is 9.72. The summed E-state index contributed by atoms with van der Waals surface area (Å²) in [5, 5.41) is 135. The van der Waals surface area contributed by atoms with Crippen LogP contribution in [0.1, 0.15) is 24.2 Å². The lowest BCUT2D eigenvalue weighted by Crippen LogP contribution is -2.61. The van der Waals surface area contributed by atoms with E-state index >= 15 is 0 Å². The fraction of sp³-hybridized carbons (Fsp3) is 0.588. The molecule has 2 aromatic carbocycles. The van der Waals surface area contributed by atoms with Crippen molar-refractivity contribution >= 4 is 6.08 Å². The smallest absolute Gasteiger partial charge is 0.229 e. The molecule has 21 heteroatoms. The van der Waals surface area contributed by atoms with Gasteiger partial charge in [-0.25, -0.2) is 0 Å². The lowest BCUT2D eigenvalue weighted by molar-refractivity contribution is -0.324. The quantitative estimate of drug-likeness (QED) is 0.102. The summed E-state index contributed by atoms with van der Waals surface area (Å²) in [6.07, 6.45) is -24.8. The zero-order valence-electron chi connectivity index (χ0n) is 29.1. The molecule has 4 aliphatic heterocycles. The topological polar surface area (TPSA) is 337 Å². The first-order valence-corrected chi connectivity index (χ1v) is 17.0. The van der Waals surface area contributed by atoms with Crippen LogP contribution in [0.15, 0.2) is 30.0 Å². The average Bonchev–Trinajstić information content (AvgIpc) is 3.16. The zero-order chi connectivity index (χ0) is 40.0. The van der Waals surface area contributed by atoms with Gasteiger partial charge in [-0.05, 0) is 25.1 Å². The number of phenols is 3. The molecule has 4 heterocycles. The summed E-state index contributed by atoms with van der Waals surface area (Å²) >= 11 is 0. The van der Waals surface area contributed by atoms with Crippen molar-refractivity contribution in [3.8, 4) is 34.5 Å². The van der Waals surface area contributed by atoms with Gasteiger partial charge in [0.25, 0.3) is 0 Å². The molecule has 3 saturated heterocycles. The van der Waals surface area contributed by atoms with Crippen LogP contribution in [0.4, 0.5) is 0 Å². The van der Waals surface area contributed by atoms with E-state index in [9.17, 15) is 66.4 Å². The average molecular weight is 789 g/mol. The summed E-state index contributed by atoms with van der Waals surface area (Å²) < 4.78 is 45.5. The lowest BCUT2D eigenvalue weighted by Gasteiger charge is -2.43. The second-order valence-corrected chi connectivity index (χ2v) is 13.5. The van der Waals surface area contributed by atoms with Crippen molar-refractivity contribution in [1.82, 2.24) is 0 Å². The van der Waals surface area contributed by atoms with E-state index in [0.717, 1.165) is 18.2 Å². The van der Waals surface area contributed by atoms with Crippen LogP contribution in [-0.2, 0) is 23.7 Å². The molecule has 21 nitrogen and oxygen atoms in total. The highest BCUT2D eigenvalue weighted by Crippen LogP contribution is 2.48. The lowest BCUT2D eigenvalue weighted by atomic mass is 9.98. The van der Waals surface area contributed by atoms with Gasteiger partial charge in [-0.2, -0.15) is 0 Å². The number of aliphatic hydroxyl groups is 10. The summed E-state index contributed by atoms with van der Waals surface area (Å²) in [4.78, 5) is 0. The molecule has 0 aromatic heterocycles. The number of benzene rings is 2. The van der Waals surface area contributed by atoms with Gasteiger partial charge < -0.3 is 104 Å². The molecule has 1 unspecified atom stereocenters. The fourth-order valence-corrected chi connectivity index (χ4v) is 6.49. The van der Waals surface area contributed by atoms with Crippen molar-refractivity contribution in [3.05, 3.63) is 41.2 Å². The molecule has 6 rings (SSSR count). The molecule has 3 fully saturated rings. The summed E-state index contributed by atoms with van der Waals surface area (Å²) in [5.41, 5.74) is 0.0490. The van der Waals surface area contributed by atoms with E-state index in [4.69, 9.17) is 37.9 Å². The van der Waals surface area contributed by atoms with Crippen molar-refractivity contribution in [3.63, 3.8) is 0 Å². The normalized spacial score (nSPS) is 39.0. The van der Waals surface area contributed by atoms with Gasteiger partial charge in [0.05, 0.1) is 32.0 Å². The third kappa shape index (κ3) is 7.95. The van der Waals surface area contributed by atoms with Crippen LogP contribution in [-0.4, -0.2) is 179 Å². The molecule has 2 aromatic rings. The number of fused-ring (bicyclic) bond motifs is 1. The Morgan fingerprint density at radius 2 is 1.24 bits per heavy atom. The number of phenolic OH excluding ortho intramolecular Hbond substituents is 3. The van der Waals surface area contributed by atoms with Crippen molar-refractivity contribution in [2.75, 3.05) is 20.3 Å². The number of rotatable bonds is 10. The minimum atomic E-state index is -1.95. The molecule has 13 N–H and O–H groups in total. The molecular formula is C34H44O21. The van der Waals surface area contributed by atoms with Gasteiger partial charge in [0.2, 0.25) is 18.3 Å². The van der Waals surface area contributed by atoms with Gasteiger partial charge >= 0.3 is 0 Å². The molecule has 0 spiro atoms. The van der Waals surface area contributed by atoms with Crippen molar-refractivity contribution in [1.29, 1.82) is 0 Å². The second kappa shape index (κ2) is 16.4. The number of aliphatic hydroxyl groups excluding tert-OH is 10. The molecular weight excluding hydrogens is 744 g/mol. The van der Waals surface area contributed by atoms with Crippen LogP contribution in [0, 0.1) is 0 Å². The highest BCUT2D eigenvalue weighted by Gasteiger charge is 2.49. The van der Waals surface area contributed by atoms with Crippen molar-refractivity contribution < 1.29 is 104 Å². The zero-order valence-corrected chi connectivity index (χ0v) is 29.1. The number of aromatic hydroxyl groups is 3. The van der Waals surface area contributed by atoms with Gasteiger partial charge in [-0.1, -0.05) is 0 Å². The molecule has 0 aliphatic carbocycles. The van der Waals surface area contributed by atoms with Crippen molar-refractivity contribution in [2.45, 2.75) is 105 Å². The Kier molecular flexibility index (Phi) is 12.2. The van der Waals surface area contributed by atoms with Gasteiger partial charge in [-0.3, -0.25) is 0 Å². The second-order valence-electron chi connectivity index (χ2n) is 13.5. The highest BCUT2D eigenvalue weighted by atomic mass is 16.7. The summed E-state index contributed by atoms with van der Waals surface area (Å²) in [6, 6.07) is 4.59. The van der Waals surface area contributed by atoms with Crippen LogP contribution in [0.2, 0.25) is 0 Å². The van der Waals surface area contributed by atoms with Gasteiger partial charge in [0.15, 0.2) is 23.9 Å². The van der Waals surface area contributed by atoms with E-state index < -0.39 is 129 Å². The molecule has 0 bridgehead atoms. The number of ether oxygens (including phenoxy) is 8. The summed E-state index contributed by atoms with van der Waals surface area (Å²) in [6.45, 7) is 0.0539. The minimum Gasteiger partial charge on any atom is -0.508 e. The van der Waals surface area contributed by atoms with E-state index in [2.05, 4.69) is 0 Å². The first-order chi connectivity index (χ1) is 26.0.